The number of non-ortho nitro benzene ring substituents is 1. The largest absolute Gasteiger partial charge is 0.462 e. The lowest BCUT2D eigenvalue weighted by Gasteiger charge is -2.09. The Hall–Kier alpha value is -1.66. The summed E-state index contributed by atoms with van der Waals surface area (Å²) in [5, 5.41) is 10.8. The van der Waals surface area contributed by atoms with Crippen LogP contribution in [0, 0.1) is 16.0 Å². The number of nitro groups is 1. The van der Waals surface area contributed by atoms with Crippen molar-refractivity contribution in [1.29, 1.82) is 0 Å². The number of ether oxygens (including phenoxy) is 2. The van der Waals surface area contributed by atoms with Gasteiger partial charge in [0.25, 0.3) is 5.69 Å². The van der Waals surface area contributed by atoms with Gasteiger partial charge in [0.15, 0.2) is 0 Å². The van der Waals surface area contributed by atoms with Gasteiger partial charge in [0.1, 0.15) is 0 Å². The van der Waals surface area contributed by atoms with E-state index in [0.29, 0.717) is 13.2 Å². The third kappa shape index (κ3) is 3.42. The number of hydrogen-bond donors (Lipinski definition) is 0. The molecule has 1 heterocycles. The highest BCUT2D eigenvalue weighted by molar-refractivity contribution is 6.33. The maximum absolute atomic E-state index is 11.8. The first-order valence-electron chi connectivity index (χ1n) is 5.76. The highest BCUT2D eigenvalue weighted by Gasteiger charge is 2.21. The van der Waals surface area contributed by atoms with Crippen LogP contribution >= 0.6 is 11.6 Å². The van der Waals surface area contributed by atoms with Crippen LogP contribution in [-0.4, -0.2) is 30.7 Å². The van der Waals surface area contributed by atoms with E-state index >= 15 is 0 Å². The lowest BCUT2D eigenvalue weighted by atomic mass is 10.1. The Bertz CT molecular complexity index is 499. The van der Waals surface area contributed by atoms with Crippen molar-refractivity contribution < 1.29 is 19.2 Å². The normalized spacial score (nSPS) is 18.3. The molecule has 0 saturated carbocycles. The van der Waals surface area contributed by atoms with Gasteiger partial charge in [-0.2, -0.15) is 0 Å². The predicted molar refractivity (Wildman–Crippen MR) is 67.3 cm³/mol. The predicted octanol–water partition coefficient (Wildman–Crippen LogP) is 2.44. The summed E-state index contributed by atoms with van der Waals surface area (Å²) in [6.07, 6.45) is 0.843. The number of benzene rings is 1. The van der Waals surface area contributed by atoms with Crippen LogP contribution in [-0.2, 0) is 9.47 Å². The lowest BCUT2D eigenvalue weighted by molar-refractivity contribution is -0.384. The molecule has 0 amide bonds. The Kier molecular flexibility index (Phi) is 4.34. The first kappa shape index (κ1) is 13.8. The second kappa shape index (κ2) is 5.99. The molecular formula is C12H12ClNO5. The Morgan fingerprint density at radius 1 is 1.58 bits per heavy atom. The fraction of sp³-hybridized carbons (Fsp3) is 0.417. The molecule has 1 saturated heterocycles. The van der Waals surface area contributed by atoms with Gasteiger partial charge in [-0.15, -0.1) is 0 Å². The van der Waals surface area contributed by atoms with Crippen LogP contribution in [0.2, 0.25) is 5.02 Å². The van der Waals surface area contributed by atoms with Crippen LogP contribution in [0.25, 0.3) is 0 Å². The molecule has 19 heavy (non-hydrogen) atoms. The van der Waals surface area contributed by atoms with E-state index in [9.17, 15) is 14.9 Å². The molecule has 1 aliphatic rings. The number of nitrogens with zero attached hydrogens (tertiary/aromatic N) is 1. The van der Waals surface area contributed by atoms with E-state index in [0.717, 1.165) is 12.5 Å². The van der Waals surface area contributed by atoms with Gasteiger partial charge in [0.05, 0.1) is 28.7 Å². The summed E-state index contributed by atoms with van der Waals surface area (Å²) in [7, 11) is 0. The average Bonchev–Trinajstić information content (AvgIpc) is 2.89. The van der Waals surface area contributed by atoms with Gasteiger partial charge in [-0.1, -0.05) is 11.6 Å². The van der Waals surface area contributed by atoms with Gasteiger partial charge >= 0.3 is 5.97 Å². The van der Waals surface area contributed by atoms with E-state index in [1.807, 2.05) is 0 Å². The summed E-state index contributed by atoms with van der Waals surface area (Å²) in [5.74, 6) is -0.470. The molecule has 1 aromatic carbocycles. The van der Waals surface area contributed by atoms with Crippen LogP contribution in [0.3, 0.4) is 0 Å². The number of halogens is 1. The van der Waals surface area contributed by atoms with E-state index in [2.05, 4.69) is 0 Å². The number of esters is 1. The van der Waals surface area contributed by atoms with Crippen molar-refractivity contribution in [2.24, 2.45) is 5.92 Å². The van der Waals surface area contributed by atoms with Crippen molar-refractivity contribution in [3.63, 3.8) is 0 Å². The maximum atomic E-state index is 11.8. The van der Waals surface area contributed by atoms with Gasteiger partial charge in [0, 0.05) is 24.7 Å². The average molecular weight is 286 g/mol. The summed E-state index contributed by atoms with van der Waals surface area (Å²) in [5.41, 5.74) is -0.185. The molecule has 102 valence electrons. The quantitative estimate of drug-likeness (QED) is 0.482. The van der Waals surface area contributed by atoms with Gasteiger partial charge in [-0.25, -0.2) is 4.79 Å². The molecule has 1 aliphatic heterocycles. The van der Waals surface area contributed by atoms with Crippen molar-refractivity contribution in [2.45, 2.75) is 6.42 Å². The molecule has 0 spiro atoms. The van der Waals surface area contributed by atoms with E-state index in [4.69, 9.17) is 21.1 Å². The molecule has 0 radical (unpaired) electrons. The molecule has 2 rings (SSSR count). The molecule has 6 nitrogen and oxygen atoms in total. The fourth-order valence-electron chi connectivity index (χ4n) is 1.77. The zero-order valence-corrected chi connectivity index (χ0v) is 10.8. The van der Waals surface area contributed by atoms with Crippen molar-refractivity contribution >= 4 is 23.3 Å². The van der Waals surface area contributed by atoms with Gasteiger partial charge in [-0.05, 0) is 12.5 Å². The molecule has 0 bridgehead atoms. The van der Waals surface area contributed by atoms with Crippen LogP contribution in [0.4, 0.5) is 5.69 Å². The maximum Gasteiger partial charge on any atom is 0.339 e. The standard InChI is InChI=1S/C12H12ClNO5/c13-11-2-1-9(14(16)17)5-10(11)12(15)19-7-8-3-4-18-6-8/h1-2,5,8H,3-4,6-7H2. The third-order valence-corrected chi connectivity index (χ3v) is 3.18. The first-order chi connectivity index (χ1) is 9.08. The third-order valence-electron chi connectivity index (χ3n) is 2.85. The molecule has 1 atom stereocenters. The van der Waals surface area contributed by atoms with Crippen LogP contribution in [0.1, 0.15) is 16.8 Å². The molecule has 0 N–H and O–H groups in total. The van der Waals surface area contributed by atoms with Crippen molar-refractivity contribution in [2.75, 3.05) is 19.8 Å². The number of nitro benzene ring substituents is 1. The first-order valence-corrected chi connectivity index (χ1v) is 6.14. The van der Waals surface area contributed by atoms with E-state index < -0.39 is 10.9 Å². The van der Waals surface area contributed by atoms with E-state index in [-0.39, 0.29) is 28.8 Å². The Morgan fingerprint density at radius 3 is 3.00 bits per heavy atom. The smallest absolute Gasteiger partial charge is 0.339 e. The Balaban J connectivity index is 2.04. The number of carbonyl (C=O) groups excluding carboxylic acids is 1. The Labute approximate surface area is 114 Å². The van der Waals surface area contributed by atoms with Crippen LogP contribution in [0.5, 0.6) is 0 Å². The SMILES string of the molecule is O=C(OCC1CCOC1)c1cc([N+](=O)[O-])ccc1Cl. The minimum atomic E-state index is -0.652. The van der Waals surface area contributed by atoms with Crippen molar-refractivity contribution in [1.82, 2.24) is 0 Å². The number of hydrogen-bond acceptors (Lipinski definition) is 5. The molecule has 1 fully saturated rings. The summed E-state index contributed by atoms with van der Waals surface area (Å²) in [6, 6.07) is 3.68. The highest BCUT2D eigenvalue weighted by atomic mass is 35.5. The van der Waals surface area contributed by atoms with Crippen molar-refractivity contribution in [3.8, 4) is 0 Å². The zero-order valence-electron chi connectivity index (χ0n) is 10.0. The lowest BCUT2D eigenvalue weighted by Crippen LogP contribution is -2.14. The molecule has 1 aromatic rings. The molecule has 1 unspecified atom stereocenters. The molecule has 0 aromatic heterocycles. The summed E-state index contributed by atoms with van der Waals surface area (Å²) in [6.45, 7) is 1.47. The minimum absolute atomic E-state index is 0.00906. The zero-order chi connectivity index (χ0) is 13.8. The van der Waals surface area contributed by atoms with E-state index in [1.54, 1.807) is 0 Å². The monoisotopic (exact) mass is 285 g/mol. The number of carbonyl (C=O) groups is 1. The van der Waals surface area contributed by atoms with Gasteiger partial charge in [0.2, 0.25) is 0 Å². The second-order valence-electron chi connectivity index (χ2n) is 4.25. The fourth-order valence-corrected chi connectivity index (χ4v) is 1.96. The summed E-state index contributed by atoms with van der Waals surface area (Å²) >= 11 is 5.84. The van der Waals surface area contributed by atoms with E-state index in [1.165, 1.54) is 12.1 Å². The molecule has 7 heteroatoms. The van der Waals surface area contributed by atoms with Crippen LogP contribution in [0.15, 0.2) is 18.2 Å². The Morgan fingerprint density at radius 2 is 2.37 bits per heavy atom. The minimum Gasteiger partial charge on any atom is -0.462 e. The summed E-state index contributed by atoms with van der Waals surface area (Å²) < 4.78 is 10.3. The molecule has 0 aliphatic carbocycles. The number of rotatable bonds is 4. The van der Waals surface area contributed by atoms with Crippen LogP contribution < -0.4 is 0 Å². The van der Waals surface area contributed by atoms with Crippen molar-refractivity contribution in [3.05, 3.63) is 38.9 Å². The highest BCUT2D eigenvalue weighted by Crippen LogP contribution is 2.23. The second-order valence-corrected chi connectivity index (χ2v) is 4.66. The molecular weight excluding hydrogens is 274 g/mol. The summed E-state index contributed by atoms with van der Waals surface area (Å²) in [4.78, 5) is 21.9. The van der Waals surface area contributed by atoms with Gasteiger partial charge in [-0.3, -0.25) is 10.1 Å². The topological polar surface area (TPSA) is 78.7 Å². The van der Waals surface area contributed by atoms with Gasteiger partial charge < -0.3 is 9.47 Å².